The number of fused-ring (bicyclic) bond motifs is 1. The van der Waals surface area contributed by atoms with E-state index in [1.54, 1.807) is 6.20 Å². The molecule has 0 amide bonds. The van der Waals surface area contributed by atoms with Gasteiger partial charge in [-0.2, -0.15) is 5.26 Å². The van der Waals surface area contributed by atoms with Crippen LogP contribution in [-0.4, -0.2) is 9.55 Å². The van der Waals surface area contributed by atoms with Crippen LogP contribution in [0.3, 0.4) is 0 Å². The van der Waals surface area contributed by atoms with Crippen molar-refractivity contribution < 1.29 is 0 Å². The Hall–Kier alpha value is -2.28. The molecule has 0 saturated heterocycles. The van der Waals surface area contributed by atoms with Crippen molar-refractivity contribution in [2.75, 3.05) is 5.73 Å². The zero-order chi connectivity index (χ0) is 12.7. The van der Waals surface area contributed by atoms with Crippen molar-refractivity contribution in [3.63, 3.8) is 0 Å². The second-order valence-corrected chi connectivity index (χ2v) is 4.89. The van der Waals surface area contributed by atoms with Crippen LogP contribution in [0.1, 0.15) is 18.3 Å². The van der Waals surface area contributed by atoms with Crippen molar-refractivity contribution in [3.8, 4) is 17.2 Å². The summed E-state index contributed by atoms with van der Waals surface area (Å²) < 4.78 is 2.12. The smallest absolute Gasteiger partial charge is 0.123 e. The van der Waals surface area contributed by atoms with E-state index in [0.717, 1.165) is 29.8 Å². The van der Waals surface area contributed by atoms with Gasteiger partial charge < -0.3 is 10.3 Å². The molecule has 0 bridgehead atoms. The SMILES string of the molecule is CC1Cc2c(-c3ccnc(N)c3)cc(C#N)n2C1. The number of hydrogen-bond donors (Lipinski definition) is 1. The average Bonchev–Trinajstić information content (AvgIpc) is 2.86. The second-order valence-electron chi connectivity index (χ2n) is 4.89. The molecule has 2 aromatic heterocycles. The molecule has 0 spiro atoms. The summed E-state index contributed by atoms with van der Waals surface area (Å²) in [5, 5.41) is 9.19. The average molecular weight is 238 g/mol. The summed E-state index contributed by atoms with van der Waals surface area (Å²) in [6.45, 7) is 3.14. The third-order valence-electron chi connectivity index (χ3n) is 3.45. The molecule has 2 aromatic rings. The number of nitrogens with two attached hydrogens (primary N) is 1. The van der Waals surface area contributed by atoms with Gasteiger partial charge in [-0.05, 0) is 36.1 Å². The van der Waals surface area contributed by atoms with Crippen LogP contribution in [0, 0.1) is 17.2 Å². The van der Waals surface area contributed by atoms with E-state index >= 15 is 0 Å². The molecule has 0 aromatic carbocycles. The zero-order valence-electron chi connectivity index (χ0n) is 10.2. The fourth-order valence-electron chi connectivity index (χ4n) is 2.68. The van der Waals surface area contributed by atoms with Crippen LogP contribution in [0.4, 0.5) is 5.82 Å². The molecule has 0 fully saturated rings. The molecule has 90 valence electrons. The largest absolute Gasteiger partial charge is 0.384 e. The van der Waals surface area contributed by atoms with Crippen LogP contribution in [0.25, 0.3) is 11.1 Å². The molecule has 0 saturated carbocycles. The number of nitrogen functional groups attached to an aromatic ring is 1. The Labute approximate surface area is 106 Å². The quantitative estimate of drug-likeness (QED) is 0.828. The molecule has 3 rings (SSSR count). The zero-order valence-corrected chi connectivity index (χ0v) is 10.2. The van der Waals surface area contributed by atoms with Crippen molar-refractivity contribution in [3.05, 3.63) is 35.8 Å². The molecule has 0 aliphatic carbocycles. The van der Waals surface area contributed by atoms with E-state index in [4.69, 9.17) is 5.73 Å². The van der Waals surface area contributed by atoms with E-state index in [-0.39, 0.29) is 0 Å². The van der Waals surface area contributed by atoms with Crippen LogP contribution in [0.5, 0.6) is 0 Å². The maximum Gasteiger partial charge on any atom is 0.123 e. The van der Waals surface area contributed by atoms with Crippen LogP contribution >= 0.6 is 0 Å². The molecule has 1 aliphatic rings. The minimum absolute atomic E-state index is 0.511. The van der Waals surface area contributed by atoms with Crippen molar-refractivity contribution >= 4 is 5.82 Å². The Morgan fingerprint density at radius 1 is 1.50 bits per heavy atom. The minimum Gasteiger partial charge on any atom is -0.384 e. The number of nitriles is 1. The maximum absolute atomic E-state index is 9.19. The molecular weight excluding hydrogens is 224 g/mol. The van der Waals surface area contributed by atoms with E-state index in [1.807, 2.05) is 18.2 Å². The van der Waals surface area contributed by atoms with Crippen LogP contribution in [-0.2, 0) is 13.0 Å². The Morgan fingerprint density at radius 3 is 3.06 bits per heavy atom. The van der Waals surface area contributed by atoms with Gasteiger partial charge in [0.2, 0.25) is 0 Å². The van der Waals surface area contributed by atoms with Crippen molar-refractivity contribution in [1.29, 1.82) is 5.26 Å². The van der Waals surface area contributed by atoms with Gasteiger partial charge in [0.05, 0.1) is 0 Å². The monoisotopic (exact) mass is 238 g/mol. The predicted molar refractivity (Wildman–Crippen MR) is 69.7 cm³/mol. The van der Waals surface area contributed by atoms with E-state index in [2.05, 4.69) is 22.5 Å². The van der Waals surface area contributed by atoms with Gasteiger partial charge in [0, 0.05) is 24.0 Å². The highest BCUT2D eigenvalue weighted by molar-refractivity contribution is 5.70. The second kappa shape index (κ2) is 3.88. The molecule has 18 heavy (non-hydrogen) atoms. The van der Waals surface area contributed by atoms with E-state index in [1.165, 1.54) is 5.69 Å². The minimum atomic E-state index is 0.511. The molecule has 1 atom stereocenters. The summed E-state index contributed by atoms with van der Waals surface area (Å²) >= 11 is 0. The summed E-state index contributed by atoms with van der Waals surface area (Å²) in [7, 11) is 0. The van der Waals surface area contributed by atoms with Crippen LogP contribution < -0.4 is 5.73 Å². The standard InChI is InChI=1S/C14H14N4/c1-9-4-13-12(6-11(7-15)18(13)8-9)10-2-3-17-14(16)5-10/h2-3,5-6,9H,4,8H2,1H3,(H2,16,17). The number of rotatable bonds is 1. The van der Waals surface area contributed by atoms with Crippen molar-refractivity contribution in [1.82, 2.24) is 9.55 Å². The van der Waals surface area contributed by atoms with Crippen molar-refractivity contribution in [2.45, 2.75) is 19.9 Å². The normalized spacial score (nSPS) is 17.4. The third kappa shape index (κ3) is 1.56. The topological polar surface area (TPSA) is 67.6 Å². The van der Waals surface area contributed by atoms with Gasteiger partial charge in [-0.3, -0.25) is 0 Å². The summed E-state index contributed by atoms with van der Waals surface area (Å²) in [5.41, 5.74) is 9.86. The third-order valence-corrected chi connectivity index (χ3v) is 3.45. The molecule has 1 unspecified atom stereocenters. The molecule has 4 heteroatoms. The molecule has 3 heterocycles. The Balaban J connectivity index is 2.17. The van der Waals surface area contributed by atoms with Crippen LogP contribution in [0.15, 0.2) is 24.4 Å². The Morgan fingerprint density at radius 2 is 2.33 bits per heavy atom. The summed E-state index contributed by atoms with van der Waals surface area (Å²) in [6.07, 6.45) is 2.72. The molecular formula is C14H14N4. The van der Waals surface area contributed by atoms with E-state index < -0.39 is 0 Å². The van der Waals surface area contributed by atoms with Gasteiger partial charge in [0.1, 0.15) is 17.6 Å². The lowest BCUT2D eigenvalue weighted by Crippen LogP contribution is -1.99. The fraction of sp³-hybridized carbons (Fsp3) is 0.286. The van der Waals surface area contributed by atoms with Gasteiger partial charge in [0.15, 0.2) is 0 Å². The van der Waals surface area contributed by atoms with E-state index in [9.17, 15) is 5.26 Å². The van der Waals surface area contributed by atoms with Gasteiger partial charge in [0.25, 0.3) is 0 Å². The van der Waals surface area contributed by atoms with Crippen LogP contribution in [0.2, 0.25) is 0 Å². The number of pyridine rings is 1. The molecule has 1 aliphatic heterocycles. The maximum atomic E-state index is 9.19. The number of aromatic nitrogens is 2. The number of anilines is 1. The van der Waals surface area contributed by atoms with Gasteiger partial charge in [-0.1, -0.05) is 6.92 Å². The summed E-state index contributed by atoms with van der Waals surface area (Å²) in [5.74, 6) is 1.10. The van der Waals surface area contributed by atoms with Gasteiger partial charge in [-0.15, -0.1) is 0 Å². The van der Waals surface area contributed by atoms with Crippen molar-refractivity contribution in [2.24, 2.45) is 5.92 Å². The number of hydrogen-bond acceptors (Lipinski definition) is 3. The lowest BCUT2D eigenvalue weighted by atomic mass is 10.0. The highest BCUT2D eigenvalue weighted by atomic mass is 15.0. The highest BCUT2D eigenvalue weighted by Crippen LogP contribution is 2.34. The summed E-state index contributed by atoms with van der Waals surface area (Å²) in [4.78, 5) is 4.01. The van der Waals surface area contributed by atoms with E-state index in [0.29, 0.717) is 11.7 Å². The first kappa shape index (κ1) is 10.8. The highest BCUT2D eigenvalue weighted by Gasteiger charge is 2.24. The first-order chi connectivity index (χ1) is 8.69. The molecule has 0 radical (unpaired) electrons. The predicted octanol–water partition coefficient (Wildman–Crippen LogP) is 2.20. The van der Waals surface area contributed by atoms with Gasteiger partial charge in [-0.25, -0.2) is 4.98 Å². The number of nitrogens with zero attached hydrogens (tertiary/aromatic N) is 3. The lowest BCUT2D eigenvalue weighted by molar-refractivity contribution is 0.561. The molecule has 4 nitrogen and oxygen atoms in total. The van der Waals surface area contributed by atoms with Gasteiger partial charge >= 0.3 is 0 Å². The summed E-state index contributed by atoms with van der Waals surface area (Å²) in [6, 6.07) is 8.03. The first-order valence-electron chi connectivity index (χ1n) is 6.03. The molecule has 2 N–H and O–H groups in total. The Kier molecular flexibility index (Phi) is 2.34. The first-order valence-corrected chi connectivity index (χ1v) is 6.03. The Bertz CT molecular complexity index is 648. The lowest BCUT2D eigenvalue weighted by Gasteiger charge is -2.03. The fourth-order valence-corrected chi connectivity index (χ4v) is 2.68.